The van der Waals surface area contributed by atoms with Gasteiger partial charge in [-0.25, -0.2) is 0 Å². The second-order valence-corrected chi connectivity index (χ2v) is 10.6. The molecule has 1 atom stereocenters. The fourth-order valence-electron chi connectivity index (χ4n) is 3.94. The molecule has 0 aliphatic rings. The number of phenols is 2. The number of hydrogen-bond acceptors (Lipinski definition) is 4. The summed E-state index contributed by atoms with van der Waals surface area (Å²) in [5, 5.41) is 31.8. The molecule has 5 heteroatoms. The van der Waals surface area contributed by atoms with Crippen LogP contribution in [0.15, 0.2) is 76.4 Å². The van der Waals surface area contributed by atoms with Crippen molar-refractivity contribution in [1.82, 2.24) is 5.32 Å². The summed E-state index contributed by atoms with van der Waals surface area (Å²) in [5.41, 5.74) is 7.07. The second kappa shape index (κ2) is 18.2. The number of aromatic hydroxyl groups is 2. The molecule has 0 saturated heterocycles. The van der Waals surface area contributed by atoms with E-state index in [1.54, 1.807) is 6.08 Å². The molecule has 1 aromatic rings. The number of allylic oxidation sites excluding steroid dienone is 9. The van der Waals surface area contributed by atoms with E-state index in [0.717, 1.165) is 56.9 Å². The van der Waals surface area contributed by atoms with Crippen LogP contribution in [0.2, 0.25) is 0 Å². The van der Waals surface area contributed by atoms with Gasteiger partial charge < -0.3 is 20.6 Å². The number of benzene rings is 1. The lowest BCUT2D eigenvalue weighted by Gasteiger charge is -2.12. The van der Waals surface area contributed by atoms with Crippen molar-refractivity contribution in [3.05, 3.63) is 82.0 Å². The molecule has 1 unspecified atom stereocenters. The zero-order valence-corrected chi connectivity index (χ0v) is 24.3. The van der Waals surface area contributed by atoms with Crippen LogP contribution in [-0.2, 0) is 4.79 Å². The van der Waals surface area contributed by atoms with Gasteiger partial charge in [-0.2, -0.15) is 0 Å². The van der Waals surface area contributed by atoms with E-state index in [9.17, 15) is 20.1 Å². The van der Waals surface area contributed by atoms with Gasteiger partial charge in [-0.1, -0.05) is 58.2 Å². The van der Waals surface area contributed by atoms with Gasteiger partial charge in [0.05, 0.1) is 6.10 Å². The third kappa shape index (κ3) is 15.3. The molecule has 0 saturated carbocycles. The smallest absolute Gasteiger partial charge is 0.244 e. The summed E-state index contributed by atoms with van der Waals surface area (Å²) < 4.78 is 0. The molecule has 0 radical (unpaired) electrons. The van der Waals surface area contributed by atoms with Crippen LogP contribution in [0.25, 0.3) is 0 Å². The molecule has 38 heavy (non-hydrogen) atoms. The van der Waals surface area contributed by atoms with Crippen LogP contribution in [-0.4, -0.2) is 27.8 Å². The number of nitrogens with one attached hydrogen (secondary N) is 1. The Morgan fingerprint density at radius 3 is 1.68 bits per heavy atom. The van der Waals surface area contributed by atoms with Crippen LogP contribution < -0.4 is 5.32 Å². The fourth-order valence-corrected chi connectivity index (χ4v) is 3.94. The van der Waals surface area contributed by atoms with Gasteiger partial charge >= 0.3 is 0 Å². The number of aliphatic hydroxyl groups excluding tert-OH is 1. The summed E-state index contributed by atoms with van der Waals surface area (Å²) in [5.74, 6) is -0.814. The molecule has 0 heterocycles. The first-order valence-corrected chi connectivity index (χ1v) is 13.7. The van der Waals surface area contributed by atoms with Crippen molar-refractivity contribution >= 4 is 5.91 Å². The highest BCUT2D eigenvalue weighted by Gasteiger charge is 2.11. The largest absolute Gasteiger partial charge is 0.504 e. The minimum atomic E-state index is -0.972. The van der Waals surface area contributed by atoms with E-state index in [1.165, 1.54) is 40.5 Å². The van der Waals surface area contributed by atoms with Crippen molar-refractivity contribution in [2.75, 3.05) is 6.54 Å². The molecular weight excluding hydrogens is 474 g/mol. The fraction of sp³-hybridized carbons (Fsp3) is 0.485. The second-order valence-electron chi connectivity index (χ2n) is 10.6. The molecule has 0 spiro atoms. The molecule has 4 N–H and O–H groups in total. The number of rotatable bonds is 16. The van der Waals surface area contributed by atoms with Gasteiger partial charge in [0.15, 0.2) is 11.5 Å². The first-order valence-electron chi connectivity index (χ1n) is 13.7. The Balaban J connectivity index is 2.32. The monoisotopic (exact) mass is 523 g/mol. The third-order valence-corrected chi connectivity index (χ3v) is 6.42. The number of carbonyl (C=O) groups excluding carboxylic acids is 1. The first-order chi connectivity index (χ1) is 18.0. The highest BCUT2D eigenvalue weighted by molar-refractivity contribution is 5.88. The molecule has 0 aliphatic carbocycles. The summed E-state index contributed by atoms with van der Waals surface area (Å²) in [7, 11) is 0. The van der Waals surface area contributed by atoms with E-state index in [0.29, 0.717) is 5.56 Å². The van der Waals surface area contributed by atoms with Crippen LogP contribution in [0.3, 0.4) is 0 Å². The SMILES string of the molecule is CC(C)=CCCC(C)=CCCC(C)=CCCC(C)=CCCC(C)=CC(=O)NCC(O)c1ccc(O)c(O)c1. The van der Waals surface area contributed by atoms with Crippen molar-refractivity contribution in [3.63, 3.8) is 0 Å². The molecule has 1 amide bonds. The van der Waals surface area contributed by atoms with Crippen molar-refractivity contribution in [1.29, 1.82) is 0 Å². The average molecular weight is 524 g/mol. The van der Waals surface area contributed by atoms with Crippen molar-refractivity contribution < 1.29 is 20.1 Å². The van der Waals surface area contributed by atoms with Crippen molar-refractivity contribution in [3.8, 4) is 11.5 Å². The predicted octanol–water partition coefficient (Wildman–Crippen LogP) is 8.12. The summed E-state index contributed by atoms with van der Waals surface area (Å²) in [6.45, 7) is 12.9. The summed E-state index contributed by atoms with van der Waals surface area (Å²) >= 11 is 0. The molecule has 5 nitrogen and oxygen atoms in total. The molecule has 210 valence electrons. The Kier molecular flexibility index (Phi) is 15.8. The van der Waals surface area contributed by atoms with Crippen LogP contribution in [0.1, 0.15) is 105 Å². The summed E-state index contributed by atoms with van der Waals surface area (Å²) in [6.07, 6.45) is 18.2. The Labute approximate surface area is 230 Å². The van der Waals surface area contributed by atoms with Gasteiger partial charge in [0.1, 0.15) is 0 Å². The van der Waals surface area contributed by atoms with Crippen molar-refractivity contribution in [2.45, 2.75) is 99.0 Å². The van der Waals surface area contributed by atoms with Crippen LogP contribution in [0, 0.1) is 0 Å². The van der Waals surface area contributed by atoms with E-state index in [1.807, 2.05) is 6.92 Å². The molecule has 0 aromatic heterocycles. The number of aliphatic hydroxyl groups is 1. The van der Waals surface area contributed by atoms with Gasteiger partial charge in [-0.3, -0.25) is 4.79 Å². The maximum absolute atomic E-state index is 12.2. The number of hydrogen-bond donors (Lipinski definition) is 4. The minimum absolute atomic E-state index is 0.0188. The maximum atomic E-state index is 12.2. The molecule has 1 aromatic carbocycles. The van der Waals surface area contributed by atoms with E-state index in [4.69, 9.17) is 0 Å². The van der Waals surface area contributed by atoms with E-state index >= 15 is 0 Å². The van der Waals surface area contributed by atoms with Crippen LogP contribution in [0.5, 0.6) is 11.5 Å². The number of carbonyl (C=O) groups is 1. The Morgan fingerprint density at radius 2 is 1.21 bits per heavy atom. The highest BCUT2D eigenvalue weighted by Crippen LogP contribution is 2.27. The van der Waals surface area contributed by atoms with Gasteiger partial charge in [-0.15, -0.1) is 0 Å². The standard InChI is InChI=1S/C33H49NO4/c1-24(2)11-7-12-25(3)13-8-14-26(4)15-9-16-27(5)17-10-18-28(6)21-33(38)34-23-32(37)29-19-20-30(35)31(36)22-29/h11,13,15,17,19-22,32,35-37H,7-10,12,14,16,18,23H2,1-6H3,(H,34,38). The van der Waals surface area contributed by atoms with Gasteiger partial charge in [0, 0.05) is 12.6 Å². The molecule has 0 bridgehead atoms. The highest BCUT2D eigenvalue weighted by atomic mass is 16.3. The van der Waals surface area contributed by atoms with E-state index < -0.39 is 6.10 Å². The molecule has 0 aliphatic heterocycles. The summed E-state index contributed by atoms with van der Waals surface area (Å²) in [6, 6.07) is 4.10. The number of phenolic OH excluding ortho intramolecular Hbond substituents is 2. The Hall–Kier alpha value is -3.05. The lowest BCUT2D eigenvalue weighted by atomic mass is 10.0. The van der Waals surface area contributed by atoms with E-state index in [-0.39, 0.29) is 24.0 Å². The van der Waals surface area contributed by atoms with Crippen molar-refractivity contribution in [2.24, 2.45) is 0 Å². The third-order valence-electron chi connectivity index (χ3n) is 6.42. The van der Waals surface area contributed by atoms with Gasteiger partial charge in [0.25, 0.3) is 0 Å². The topological polar surface area (TPSA) is 89.8 Å². The molecule has 1 rings (SSSR count). The lowest BCUT2D eigenvalue weighted by molar-refractivity contribution is -0.117. The predicted molar refractivity (Wildman–Crippen MR) is 159 cm³/mol. The Morgan fingerprint density at radius 1 is 0.737 bits per heavy atom. The summed E-state index contributed by atoms with van der Waals surface area (Å²) in [4.78, 5) is 12.2. The van der Waals surface area contributed by atoms with E-state index in [2.05, 4.69) is 64.2 Å². The molecule has 0 fully saturated rings. The molecular formula is C33H49NO4. The maximum Gasteiger partial charge on any atom is 0.244 e. The minimum Gasteiger partial charge on any atom is -0.504 e. The quantitative estimate of drug-likeness (QED) is 0.100. The Bertz CT molecular complexity index is 1040. The average Bonchev–Trinajstić information content (AvgIpc) is 2.84. The van der Waals surface area contributed by atoms with Gasteiger partial charge in [-0.05, 0) is 111 Å². The normalized spacial score (nSPS) is 13.9. The number of amides is 1. The first kappa shape index (κ1) is 33.0. The lowest BCUT2D eigenvalue weighted by Crippen LogP contribution is -2.27. The van der Waals surface area contributed by atoms with Crippen LogP contribution in [0.4, 0.5) is 0 Å². The van der Waals surface area contributed by atoms with Gasteiger partial charge in [0.2, 0.25) is 5.91 Å². The zero-order valence-electron chi connectivity index (χ0n) is 24.3. The van der Waals surface area contributed by atoms with Crippen LogP contribution >= 0.6 is 0 Å². The zero-order chi connectivity index (χ0) is 28.5.